The van der Waals surface area contributed by atoms with Crippen molar-refractivity contribution in [3.8, 4) is 5.75 Å². The van der Waals surface area contributed by atoms with Crippen LogP contribution < -0.4 is 14.4 Å². The van der Waals surface area contributed by atoms with Gasteiger partial charge in [0.2, 0.25) is 5.91 Å². The molecule has 0 radical (unpaired) electrons. The predicted molar refractivity (Wildman–Crippen MR) is 136 cm³/mol. The van der Waals surface area contributed by atoms with Crippen molar-refractivity contribution in [3.05, 3.63) is 88.9 Å². The Morgan fingerprint density at radius 3 is 2.38 bits per heavy atom. The lowest BCUT2D eigenvalue weighted by atomic mass is 10.1. The van der Waals surface area contributed by atoms with Crippen LogP contribution in [0.3, 0.4) is 0 Å². The minimum absolute atomic E-state index is 0.0710. The van der Waals surface area contributed by atoms with Crippen LogP contribution in [0.25, 0.3) is 0 Å². The summed E-state index contributed by atoms with van der Waals surface area (Å²) in [6.07, 6.45) is 1.52. The normalized spacial score (nSPS) is 11.1. The van der Waals surface area contributed by atoms with E-state index in [9.17, 15) is 13.2 Å². The Labute approximate surface area is 206 Å². The van der Waals surface area contributed by atoms with Crippen LogP contribution in [0.15, 0.2) is 77.7 Å². The summed E-state index contributed by atoms with van der Waals surface area (Å²) in [4.78, 5) is 12.8. The molecule has 180 valence electrons. The third kappa shape index (κ3) is 6.98. The highest BCUT2D eigenvalue weighted by Crippen LogP contribution is 2.25. The summed E-state index contributed by atoms with van der Waals surface area (Å²) in [6.45, 7) is 4.56. The van der Waals surface area contributed by atoms with Gasteiger partial charge in [-0.3, -0.25) is 9.10 Å². The highest BCUT2D eigenvalue weighted by Gasteiger charge is 2.27. The first kappa shape index (κ1) is 25.6. The molecule has 0 aliphatic heterocycles. The minimum Gasteiger partial charge on any atom is -0.494 e. The Balaban J connectivity index is 1.65. The SMILES string of the molecule is CCOc1ccc(CCCNC(=O)CN(c2cccc(C)c2)S(=O)(=O)c2ccc(Cl)cc2)cc1. The molecule has 0 aromatic heterocycles. The Kier molecular flexibility index (Phi) is 8.96. The number of halogens is 1. The zero-order valence-corrected chi connectivity index (χ0v) is 20.9. The zero-order valence-electron chi connectivity index (χ0n) is 19.3. The maximum absolute atomic E-state index is 13.4. The molecule has 0 saturated carbocycles. The molecule has 0 saturated heterocycles. The zero-order chi connectivity index (χ0) is 24.6. The fraction of sp³-hybridized carbons (Fsp3) is 0.269. The number of sulfonamides is 1. The number of carbonyl (C=O) groups excluding carboxylic acids is 1. The van der Waals surface area contributed by atoms with Gasteiger partial charge in [-0.25, -0.2) is 8.42 Å². The Hall–Kier alpha value is -3.03. The van der Waals surface area contributed by atoms with Crippen LogP contribution in [0.1, 0.15) is 24.5 Å². The van der Waals surface area contributed by atoms with Gasteiger partial charge in [-0.1, -0.05) is 35.9 Å². The lowest BCUT2D eigenvalue weighted by Gasteiger charge is -2.24. The van der Waals surface area contributed by atoms with Crippen LogP contribution in [-0.2, 0) is 21.2 Å². The lowest BCUT2D eigenvalue weighted by Crippen LogP contribution is -2.41. The van der Waals surface area contributed by atoms with Gasteiger partial charge in [-0.15, -0.1) is 0 Å². The minimum atomic E-state index is -3.96. The molecule has 0 heterocycles. The summed E-state index contributed by atoms with van der Waals surface area (Å²) in [7, 11) is -3.96. The lowest BCUT2D eigenvalue weighted by molar-refractivity contribution is -0.119. The fourth-order valence-electron chi connectivity index (χ4n) is 3.46. The molecule has 0 bridgehead atoms. The molecular formula is C26H29ClN2O4S. The van der Waals surface area contributed by atoms with Crippen LogP contribution in [0, 0.1) is 6.92 Å². The van der Waals surface area contributed by atoms with Crippen LogP contribution in [-0.4, -0.2) is 34.0 Å². The molecule has 0 unspecified atom stereocenters. The quantitative estimate of drug-likeness (QED) is 0.376. The van der Waals surface area contributed by atoms with Gasteiger partial charge in [0.05, 0.1) is 17.2 Å². The van der Waals surface area contributed by atoms with Gasteiger partial charge in [0.15, 0.2) is 0 Å². The number of hydrogen-bond donors (Lipinski definition) is 1. The molecule has 1 amide bonds. The average molecular weight is 501 g/mol. The first-order chi connectivity index (χ1) is 16.3. The maximum Gasteiger partial charge on any atom is 0.264 e. The van der Waals surface area contributed by atoms with Crippen molar-refractivity contribution in [2.24, 2.45) is 0 Å². The second-order valence-electron chi connectivity index (χ2n) is 7.84. The summed E-state index contributed by atoms with van der Waals surface area (Å²) in [5.41, 5.74) is 2.47. The number of amides is 1. The summed E-state index contributed by atoms with van der Waals surface area (Å²) in [5.74, 6) is 0.462. The van der Waals surface area contributed by atoms with Gasteiger partial charge in [-0.05, 0) is 86.3 Å². The van der Waals surface area contributed by atoms with Crippen LogP contribution >= 0.6 is 11.6 Å². The second kappa shape index (κ2) is 11.9. The number of ether oxygens (including phenoxy) is 1. The van der Waals surface area contributed by atoms with Crippen molar-refractivity contribution in [1.82, 2.24) is 5.32 Å². The molecule has 6 nitrogen and oxygen atoms in total. The smallest absolute Gasteiger partial charge is 0.264 e. The molecule has 0 fully saturated rings. The molecule has 0 aliphatic rings. The fourth-order valence-corrected chi connectivity index (χ4v) is 5.00. The van der Waals surface area contributed by atoms with E-state index in [-0.39, 0.29) is 17.3 Å². The molecular weight excluding hydrogens is 472 g/mol. The molecule has 34 heavy (non-hydrogen) atoms. The molecule has 3 rings (SSSR count). The Bertz CT molecular complexity index is 1200. The molecule has 3 aromatic carbocycles. The van der Waals surface area contributed by atoms with E-state index < -0.39 is 10.0 Å². The summed E-state index contributed by atoms with van der Waals surface area (Å²) < 4.78 is 33.3. The molecule has 0 aliphatic carbocycles. The van der Waals surface area contributed by atoms with E-state index in [1.807, 2.05) is 44.2 Å². The van der Waals surface area contributed by atoms with Crippen LogP contribution in [0.4, 0.5) is 5.69 Å². The van der Waals surface area contributed by atoms with E-state index in [1.54, 1.807) is 18.2 Å². The van der Waals surface area contributed by atoms with E-state index in [2.05, 4.69) is 5.32 Å². The van der Waals surface area contributed by atoms with E-state index >= 15 is 0 Å². The first-order valence-corrected chi connectivity index (χ1v) is 12.9. The predicted octanol–water partition coefficient (Wildman–Crippen LogP) is 4.99. The van der Waals surface area contributed by atoms with Gasteiger partial charge >= 0.3 is 0 Å². The third-order valence-corrected chi connectivity index (χ3v) is 7.22. The molecule has 0 spiro atoms. The number of anilines is 1. The number of carbonyl (C=O) groups is 1. The van der Waals surface area contributed by atoms with Crippen LogP contribution in [0.5, 0.6) is 5.75 Å². The largest absolute Gasteiger partial charge is 0.494 e. The second-order valence-corrected chi connectivity index (χ2v) is 10.1. The Morgan fingerprint density at radius 1 is 1.03 bits per heavy atom. The molecule has 1 N–H and O–H groups in total. The maximum atomic E-state index is 13.4. The first-order valence-electron chi connectivity index (χ1n) is 11.1. The van der Waals surface area contributed by atoms with Gasteiger partial charge in [0, 0.05) is 11.6 Å². The van der Waals surface area contributed by atoms with E-state index in [0.29, 0.717) is 23.9 Å². The van der Waals surface area contributed by atoms with Gasteiger partial charge < -0.3 is 10.1 Å². The summed E-state index contributed by atoms with van der Waals surface area (Å²) in [6, 6.07) is 20.8. The van der Waals surface area contributed by atoms with Crippen molar-refractivity contribution < 1.29 is 17.9 Å². The van der Waals surface area contributed by atoms with Crippen molar-refractivity contribution >= 4 is 33.2 Å². The number of rotatable bonds is 11. The van der Waals surface area contributed by atoms with Crippen molar-refractivity contribution in [2.45, 2.75) is 31.6 Å². The van der Waals surface area contributed by atoms with Crippen molar-refractivity contribution in [2.75, 3.05) is 24.0 Å². The van der Waals surface area contributed by atoms with Gasteiger partial charge in [-0.2, -0.15) is 0 Å². The number of hydrogen-bond acceptors (Lipinski definition) is 4. The number of nitrogens with one attached hydrogen (secondary N) is 1. The number of nitrogens with zero attached hydrogens (tertiary/aromatic N) is 1. The summed E-state index contributed by atoms with van der Waals surface area (Å²) >= 11 is 5.92. The average Bonchev–Trinajstić information content (AvgIpc) is 2.82. The number of benzene rings is 3. The monoisotopic (exact) mass is 500 g/mol. The standard InChI is InChI=1S/C26H29ClN2O4S/c1-3-33-24-13-9-21(10-14-24)7-5-17-28-26(30)19-29(23-8-4-6-20(2)18-23)34(31,32)25-15-11-22(27)12-16-25/h4,6,8-16,18H,3,5,7,17,19H2,1-2H3,(H,28,30). The number of aryl methyl sites for hydroxylation is 2. The Morgan fingerprint density at radius 2 is 1.74 bits per heavy atom. The van der Waals surface area contributed by atoms with Crippen molar-refractivity contribution in [3.63, 3.8) is 0 Å². The topological polar surface area (TPSA) is 75.7 Å². The highest BCUT2D eigenvalue weighted by atomic mass is 35.5. The van der Waals surface area contributed by atoms with E-state index in [0.717, 1.165) is 34.0 Å². The van der Waals surface area contributed by atoms with Gasteiger partial charge in [0.1, 0.15) is 12.3 Å². The van der Waals surface area contributed by atoms with E-state index in [4.69, 9.17) is 16.3 Å². The molecule has 8 heteroatoms. The highest BCUT2D eigenvalue weighted by molar-refractivity contribution is 7.92. The molecule has 0 atom stereocenters. The third-order valence-electron chi connectivity index (χ3n) is 5.18. The summed E-state index contributed by atoms with van der Waals surface area (Å²) in [5, 5.41) is 3.28. The van der Waals surface area contributed by atoms with E-state index in [1.165, 1.54) is 24.3 Å². The van der Waals surface area contributed by atoms with Gasteiger partial charge in [0.25, 0.3) is 10.0 Å². The van der Waals surface area contributed by atoms with Crippen molar-refractivity contribution in [1.29, 1.82) is 0 Å². The molecule has 3 aromatic rings. The van der Waals surface area contributed by atoms with Crippen LogP contribution in [0.2, 0.25) is 5.02 Å².